The summed E-state index contributed by atoms with van der Waals surface area (Å²) in [5.41, 5.74) is 0. The zero-order valence-corrected chi connectivity index (χ0v) is 16.6. The van der Waals surface area contributed by atoms with Gasteiger partial charge in [-0.2, -0.15) is 0 Å². The lowest BCUT2D eigenvalue weighted by molar-refractivity contribution is 0.181. The van der Waals surface area contributed by atoms with Gasteiger partial charge in [-0.15, -0.1) is 24.0 Å². The third-order valence-corrected chi connectivity index (χ3v) is 4.22. The van der Waals surface area contributed by atoms with Crippen molar-refractivity contribution in [3.8, 4) is 0 Å². The van der Waals surface area contributed by atoms with Gasteiger partial charge in [0.25, 0.3) is 0 Å². The minimum Gasteiger partial charge on any atom is -0.381 e. The van der Waals surface area contributed by atoms with Crippen LogP contribution in [-0.2, 0) is 4.74 Å². The molecule has 0 radical (unpaired) electrons. The second-order valence-corrected chi connectivity index (χ2v) is 5.95. The van der Waals surface area contributed by atoms with Crippen molar-refractivity contribution in [1.82, 2.24) is 10.2 Å². The molecule has 0 aromatic carbocycles. The molecule has 5 heteroatoms. The van der Waals surface area contributed by atoms with Crippen LogP contribution < -0.4 is 5.32 Å². The van der Waals surface area contributed by atoms with Crippen LogP contribution in [-0.4, -0.2) is 51.3 Å². The number of nitrogens with one attached hydrogen (secondary N) is 1. The van der Waals surface area contributed by atoms with Crippen molar-refractivity contribution < 1.29 is 4.74 Å². The fourth-order valence-electron chi connectivity index (χ4n) is 2.76. The maximum Gasteiger partial charge on any atom is 0.193 e. The summed E-state index contributed by atoms with van der Waals surface area (Å²) in [5, 5.41) is 3.54. The molecule has 126 valence electrons. The monoisotopic (exact) mass is 411 g/mol. The molecule has 0 spiro atoms. The largest absolute Gasteiger partial charge is 0.381 e. The van der Waals surface area contributed by atoms with Crippen LogP contribution in [0.5, 0.6) is 0 Å². The summed E-state index contributed by atoms with van der Waals surface area (Å²) in [6.07, 6.45) is 6.34. The van der Waals surface area contributed by atoms with Crippen LogP contribution in [0.15, 0.2) is 4.99 Å². The molecule has 0 aromatic heterocycles. The standard InChI is InChI=1S/C16H33N3O.HI/c1-5-7-8-14(6-2)11-18-16(17-3)19(4)12-15-9-10-20-13-15;/h14-15H,5-13H2,1-4H3,(H,17,18);1H. The lowest BCUT2D eigenvalue weighted by Gasteiger charge is -2.26. The van der Waals surface area contributed by atoms with Crippen molar-refractivity contribution in [2.24, 2.45) is 16.8 Å². The summed E-state index contributed by atoms with van der Waals surface area (Å²) in [5.74, 6) is 2.43. The molecule has 1 rings (SSSR count). The van der Waals surface area contributed by atoms with Gasteiger partial charge in [0.05, 0.1) is 6.61 Å². The van der Waals surface area contributed by atoms with E-state index in [1.54, 1.807) is 0 Å². The van der Waals surface area contributed by atoms with E-state index in [4.69, 9.17) is 4.74 Å². The third kappa shape index (κ3) is 8.24. The number of rotatable bonds is 8. The highest BCUT2D eigenvalue weighted by Crippen LogP contribution is 2.14. The van der Waals surface area contributed by atoms with Gasteiger partial charge in [-0.25, -0.2) is 0 Å². The van der Waals surface area contributed by atoms with Gasteiger partial charge in [0.1, 0.15) is 0 Å². The molecule has 4 nitrogen and oxygen atoms in total. The van der Waals surface area contributed by atoms with Crippen molar-refractivity contribution in [2.45, 2.75) is 46.0 Å². The molecule has 0 aromatic rings. The van der Waals surface area contributed by atoms with Crippen LogP contribution >= 0.6 is 24.0 Å². The fraction of sp³-hybridized carbons (Fsp3) is 0.938. The van der Waals surface area contributed by atoms with Gasteiger partial charge < -0.3 is 15.0 Å². The maximum absolute atomic E-state index is 5.44. The van der Waals surface area contributed by atoms with E-state index in [-0.39, 0.29) is 24.0 Å². The van der Waals surface area contributed by atoms with E-state index in [1.807, 2.05) is 7.05 Å². The summed E-state index contributed by atoms with van der Waals surface area (Å²) in [6, 6.07) is 0. The molecule has 1 heterocycles. The zero-order chi connectivity index (χ0) is 14.8. The Morgan fingerprint density at radius 3 is 2.71 bits per heavy atom. The molecule has 1 aliphatic rings. The van der Waals surface area contributed by atoms with Gasteiger partial charge >= 0.3 is 0 Å². The first-order valence-corrected chi connectivity index (χ1v) is 8.20. The molecule has 0 bridgehead atoms. The van der Waals surface area contributed by atoms with Crippen molar-refractivity contribution in [2.75, 3.05) is 40.4 Å². The number of halogens is 1. The minimum atomic E-state index is 0. The molecule has 1 fully saturated rings. The topological polar surface area (TPSA) is 36.9 Å². The number of hydrogen-bond donors (Lipinski definition) is 1. The van der Waals surface area contributed by atoms with Crippen molar-refractivity contribution in [3.05, 3.63) is 0 Å². The van der Waals surface area contributed by atoms with Gasteiger partial charge in [0, 0.05) is 39.7 Å². The van der Waals surface area contributed by atoms with E-state index in [9.17, 15) is 0 Å². The molecule has 0 amide bonds. The Hall–Kier alpha value is -0.0400. The van der Waals surface area contributed by atoms with Gasteiger partial charge in [-0.05, 0) is 18.8 Å². The van der Waals surface area contributed by atoms with Crippen LogP contribution in [0.3, 0.4) is 0 Å². The maximum atomic E-state index is 5.44. The van der Waals surface area contributed by atoms with Gasteiger partial charge in [0.15, 0.2) is 5.96 Å². The average molecular weight is 411 g/mol. The number of hydrogen-bond acceptors (Lipinski definition) is 2. The summed E-state index contributed by atoms with van der Waals surface area (Å²) >= 11 is 0. The highest BCUT2D eigenvalue weighted by molar-refractivity contribution is 14.0. The Bertz CT molecular complexity index is 281. The molecule has 0 saturated carbocycles. The smallest absolute Gasteiger partial charge is 0.193 e. The fourth-order valence-corrected chi connectivity index (χ4v) is 2.76. The summed E-state index contributed by atoms with van der Waals surface area (Å²) in [4.78, 5) is 6.65. The van der Waals surface area contributed by atoms with Gasteiger partial charge in [-0.3, -0.25) is 4.99 Å². The van der Waals surface area contributed by atoms with E-state index >= 15 is 0 Å². The Balaban J connectivity index is 0.00000400. The second-order valence-electron chi connectivity index (χ2n) is 5.95. The number of nitrogens with zero attached hydrogens (tertiary/aromatic N) is 2. The van der Waals surface area contributed by atoms with Crippen molar-refractivity contribution in [3.63, 3.8) is 0 Å². The highest BCUT2D eigenvalue weighted by Gasteiger charge is 2.19. The lowest BCUT2D eigenvalue weighted by atomic mass is 9.99. The van der Waals surface area contributed by atoms with Crippen LogP contribution in [0.4, 0.5) is 0 Å². The van der Waals surface area contributed by atoms with Crippen molar-refractivity contribution in [1.29, 1.82) is 0 Å². The Kier molecular flexibility index (Phi) is 12.5. The lowest BCUT2D eigenvalue weighted by Crippen LogP contribution is -2.43. The molecule has 2 unspecified atom stereocenters. The number of ether oxygens (including phenoxy) is 1. The molecule has 1 aliphatic heterocycles. The molecular weight excluding hydrogens is 377 g/mol. The SMILES string of the molecule is CCCCC(CC)CNC(=NC)N(C)CC1CCOC1.I. The van der Waals surface area contributed by atoms with Crippen LogP contribution in [0.25, 0.3) is 0 Å². The van der Waals surface area contributed by atoms with Gasteiger partial charge in [-0.1, -0.05) is 33.1 Å². The van der Waals surface area contributed by atoms with E-state index < -0.39 is 0 Å². The van der Waals surface area contributed by atoms with Crippen molar-refractivity contribution >= 4 is 29.9 Å². The molecule has 2 atom stereocenters. The Morgan fingerprint density at radius 1 is 1.43 bits per heavy atom. The molecule has 21 heavy (non-hydrogen) atoms. The first-order valence-electron chi connectivity index (χ1n) is 8.20. The normalized spacial score (nSPS) is 20.0. The third-order valence-electron chi connectivity index (χ3n) is 4.22. The van der Waals surface area contributed by atoms with E-state index in [0.29, 0.717) is 5.92 Å². The predicted octanol–water partition coefficient (Wildman–Crippen LogP) is 3.36. The summed E-state index contributed by atoms with van der Waals surface area (Å²) in [6.45, 7) is 8.43. The number of unbranched alkanes of at least 4 members (excludes halogenated alkanes) is 1. The first-order chi connectivity index (χ1) is 9.71. The zero-order valence-electron chi connectivity index (χ0n) is 14.2. The second kappa shape index (κ2) is 12.5. The van der Waals surface area contributed by atoms with E-state index in [0.717, 1.165) is 38.2 Å². The Labute approximate surface area is 148 Å². The minimum absolute atomic E-state index is 0. The first kappa shape index (κ1) is 21.0. The molecule has 1 N–H and O–H groups in total. The highest BCUT2D eigenvalue weighted by atomic mass is 127. The predicted molar refractivity (Wildman–Crippen MR) is 102 cm³/mol. The van der Waals surface area contributed by atoms with E-state index in [1.165, 1.54) is 32.1 Å². The van der Waals surface area contributed by atoms with Crippen LogP contribution in [0.2, 0.25) is 0 Å². The number of guanidine groups is 1. The Morgan fingerprint density at radius 2 is 2.19 bits per heavy atom. The molecular formula is C16H34IN3O. The van der Waals surface area contributed by atoms with Gasteiger partial charge in [0.2, 0.25) is 0 Å². The van der Waals surface area contributed by atoms with Crippen LogP contribution in [0, 0.1) is 11.8 Å². The van der Waals surface area contributed by atoms with E-state index in [2.05, 4.69) is 36.1 Å². The molecule has 1 saturated heterocycles. The molecule has 0 aliphatic carbocycles. The summed E-state index contributed by atoms with van der Waals surface area (Å²) in [7, 11) is 4.00. The van der Waals surface area contributed by atoms with Crippen LogP contribution in [0.1, 0.15) is 46.0 Å². The number of aliphatic imine (C=N–C) groups is 1. The summed E-state index contributed by atoms with van der Waals surface area (Å²) < 4.78 is 5.44. The average Bonchev–Trinajstić information content (AvgIpc) is 2.95. The quantitative estimate of drug-likeness (QED) is 0.378.